The Kier molecular flexibility index (Phi) is 6.15. The van der Waals surface area contributed by atoms with Crippen molar-refractivity contribution in [2.75, 3.05) is 19.4 Å². The molecule has 1 aromatic carbocycles. The standard InChI is InChI=1S/C20H27N3O2/c1-20(2,3)19(24)22-18-8-6-7-16(21-18)14-25-17-11-9-15(10-12-17)13-23(4)5/h6-12H,13-14H2,1-5H3,(H,21,22,24). The molecule has 1 amide bonds. The average Bonchev–Trinajstić information content (AvgIpc) is 2.53. The molecule has 1 heterocycles. The van der Waals surface area contributed by atoms with Crippen LogP contribution in [0.2, 0.25) is 0 Å². The van der Waals surface area contributed by atoms with Gasteiger partial charge in [-0.15, -0.1) is 0 Å². The third-order valence-electron chi connectivity index (χ3n) is 3.54. The Balaban J connectivity index is 1.95. The van der Waals surface area contributed by atoms with Crippen LogP contribution in [0.25, 0.3) is 0 Å². The van der Waals surface area contributed by atoms with Crippen LogP contribution in [0.15, 0.2) is 42.5 Å². The van der Waals surface area contributed by atoms with Gasteiger partial charge in [-0.3, -0.25) is 4.79 Å². The van der Waals surface area contributed by atoms with E-state index in [1.54, 1.807) is 6.07 Å². The van der Waals surface area contributed by atoms with Gasteiger partial charge in [0.05, 0.1) is 5.69 Å². The summed E-state index contributed by atoms with van der Waals surface area (Å²) in [5, 5.41) is 2.84. The van der Waals surface area contributed by atoms with Crippen molar-refractivity contribution in [3.63, 3.8) is 0 Å². The molecule has 0 fully saturated rings. The second kappa shape index (κ2) is 8.12. The number of hydrogen-bond acceptors (Lipinski definition) is 4. The Labute approximate surface area is 150 Å². The first kappa shape index (κ1) is 18.9. The van der Waals surface area contributed by atoms with Crippen molar-refractivity contribution in [3.05, 3.63) is 53.7 Å². The highest BCUT2D eigenvalue weighted by molar-refractivity contribution is 5.93. The molecular weight excluding hydrogens is 314 g/mol. The van der Waals surface area contributed by atoms with E-state index in [9.17, 15) is 4.79 Å². The molecule has 5 heteroatoms. The summed E-state index contributed by atoms with van der Waals surface area (Å²) >= 11 is 0. The second-order valence-electron chi connectivity index (χ2n) is 7.39. The lowest BCUT2D eigenvalue weighted by Crippen LogP contribution is -2.28. The van der Waals surface area contributed by atoms with E-state index in [1.165, 1.54) is 5.56 Å². The Bertz CT molecular complexity index is 704. The molecule has 1 N–H and O–H groups in total. The van der Waals surface area contributed by atoms with Gasteiger partial charge in [0.25, 0.3) is 0 Å². The minimum Gasteiger partial charge on any atom is -0.487 e. The molecule has 134 valence electrons. The number of anilines is 1. The van der Waals surface area contributed by atoms with Crippen molar-refractivity contribution in [2.45, 2.75) is 33.9 Å². The molecule has 0 atom stereocenters. The summed E-state index contributed by atoms with van der Waals surface area (Å²) in [6.45, 7) is 6.86. The van der Waals surface area contributed by atoms with Gasteiger partial charge in [-0.05, 0) is 43.9 Å². The SMILES string of the molecule is CN(C)Cc1ccc(OCc2cccc(NC(=O)C(C)(C)C)n2)cc1. The normalized spacial score (nSPS) is 11.4. The van der Waals surface area contributed by atoms with Crippen LogP contribution < -0.4 is 10.1 Å². The number of benzene rings is 1. The number of hydrogen-bond donors (Lipinski definition) is 1. The fourth-order valence-corrected chi connectivity index (χ4v) is 2.15. The minimum atomic E-state index is -0.456. The van der Waals surface area contributed by atoms with Gasteiger partial charge >= 0.3 is 0 Å². The molecule has 1 aromatic heterocycles. The Morgan fingerprint density at radius 3 is 2.40 bits per heavy atom. The molecule has 2 aromatic rings. The summed E-state index contributed by atoms with van der Waals surface area (Å²) in [6.07, 6.45) is 0. The molecule has 0 aliphatic carbocycles. The fourth-order valence-electron chi connectivity index (χ4n) is 2.15. The van der Waals surface area contributed by atoms with Crippen LogP contribution in [0.3, 0.4) is 0 Å². The maximum Gasteiger partial charge on any atom is 0.230 e. The Morgan fingerprint density at radius 2 is 1.80 bits per heavy atom. The van der Waals surface area contributed by atoms with Crippen LogP contribution in [0.5, 0.6) is 5.75 Å². The lowest BCUT2D eigenvalue weighted by Gasteiger charge is -2.17. The second-order valence-corrected chi connectivity index (χ2v) is 7.39. The van der Waals surface area contributed by atoms with E-state index < -0.39 is 5.41 Å². The summed E-state index contributed by atoms with van der Waals surface area (Å²) in [6, 6.07) is 13.6. The number of rotatable bonds is 6. The van der Waals surface area contributed by atoms with Gasteiger partial charge in [0.15, 0.2) is 0 Å². The van der Waals surface area contributed by atoms with Gasteiger partial charge in [0.1, 0.15) is 18.2 Å². The molecule has 0 saturated heterocycles. The van der Waals surface area contributed by atoms with Crippen molar-refractivity contribution in [1.82, 2.24) is 9.88 Å². The first-order chi connectivity index (χ1) is 11.7. The summed E-state index contributed by atoms with van der Waals surface area (Å²) in [4.78, 5) is 18.6. The Hall–Kier alpha value is -2.40. The maximum absolute atomic E-state index is 12.0. The third kappa shape index (κ3) is 6.19. The zero-order chi connectivity index (χ0) is 18.4. The maximum atomic E-state index is 12.0. The van der Waals surface area contributed by atoms with Crippen molar-refractivity contribution in [1.29, 1.82) is 0 Å². The molecule has 0 aliphatic heterocycles. The highest BCUT2D eigenvalue weighted by atomic mass is 16.5. The Morgan fingerprint density at radius 1 is 1.12 bits per heavy atom. The average molecular weight is 341 g/mol. The van der Waals surface area contributed by atoms with Crippen LogP contribution in [-0.2, 0) is 17.9 Å². The van der Waals surface area contributed by atoms with Gasteiger partial charge in [-0.2, -0.15) is 0 Å². The molecular formula is C20H27N3O2. The van der Waals surface area contributed by atoms with E-state index in [0.717, 1.165) is 18.0 Å². The van der Waals surface area contributed by atoms with Crippen LogP contribution in [-0.4, -0.2) is 29.9 Å². The smallest absolute Gasteiger partial charge is 0.230 e. The molecule has 2 rings (SSSR count). The van der Waals surface area contributed by atoms with Gasteiger partial charge in [-0.25, -0.2) is 4.98 Å². The van der Waals surface area contributed by atoms with Gasteiger partial charge in [0, 0.05) is 12.0 Å². The molecule has 0 aliphatic rings. The summed E-state index contributed by atoms with van der Waals surface area (Å²) < 4.78 is 5.79. The largest absolute Gasteiger partial charge is 0.487 e. The summed E-state index contributed by atoms with van der Waals surface area (Å²) in [5.74, 6) is 1.28. The van der Waals surface area contributed by atoms with Crippen LogP contribution in [0, 0.1) is 5.41 Å². The molecule has 0 saturated carbocycles. The van der Waals surface area contributed by atoms with Crippen molar-refractivity contribution in [3.8, 4) is 5.75 Å². The molecule has 0 bridgehead atoms. The number of carbonyl (C=O) groups is 1. The van der Waals surface area contributed by atoms with Crippen LogP contribution in [0.1, 0.15) is 32.0 Å². The van der Waals surface area contributed by atoms with Crippen molar-refractivity contribution in [2.24, 2.45) is 5.41 Å². The number of carbonyl (C=O) groups excluding carboxylic acids is 1. The van der Waals surface area contributed by atoms with Gasteiger partial charge in [-0.1, -0.05) is 39.0 Å². The van der Waals surface area contributed by atoms with E-state index in [-0.39, 0.29) is 5.91 Å². The molecule has 25 heavy (non-hydrogen) atoms. The number of aromatic nitrogens is 1. The van der Waals surface area contributed by atoms with Crippen LogP contribution in [0.4, 0.5) is 5.82 Å². The molecule has 0 radical (unpaired) electrons. The van der Waals surface area contributed by atoms with E-state index >= 15 is 0 Å². The lowest BCUT2D eigenvalue weighted by molar-refractivity contribution is -0.123. The predicted octanol–water partition coefficient (Wildman–Crippen LogP) is 3.71. The molecule has 5 nitrogen and oxygen atoms in total. The zero-order valence-electron chi connectivity index (χ0n) is 15.7. The van der Waals surface area contributed by atoms with Crippen LogP contribution >= 0.6 is 0 Å². The van der Waals surface area contributed by atoms with E-state index in [1.807, 2.05) is 59.1 Å². The highest BCUT2D eigenvalue weighted by Gasteiger charge is 2.21. The molecule has 0 spiro atoms. The number of nitrogens with zero attached hydrogens (tertiary/aromatic N) is 2. The quantitative estimate of drug-likeness (QED) is 0.870. The van der Waals surface area contributed by atoms with Crippen molar-refractivity contribution >= 4 is 11.7 Å². The van der Waals surface area contributed by atoms with Crippen molar-refractivity contribution < 1.29 is 9.53 Å². The van der Waals surface area contributed by atoms with E-state index in [4.69, 9.17) is 4.74 Å². The van der Waals surface area contributed by atoms with Gasteiger partial charge < -0.3 is 15.0 Å². The minimum absolute atomic E-state index is 0.0606. The summed E-state index contributed by atoms with van der Waals surface area (Å²) in [7, 11) is 4.09. The number of nitrogens with one attached hydrogen (secondary N) is 1. The zero-order valence-corrected chi connectivity index (χ0v) is 15.7. The first-order valence-corrected chi connectivity index (χ1v) is 8.38. The van der Waals surface area contributed by atoms with E-state index in [0.29, 0.717) is 12.4 Å². The number of ether oxygens (including phenoxy) is 1. The lowest BCUT2D eigenvalue weighted by atomic mass is 9.96. The van der Waals surface area contributed by atoms with E-state index in [2.05, 4.69) is 27.3 Å². The number of pyridine rings is 1. The van der Waals surface area contributed by atoms with Gasteiger partial charge in [0.2, 0.25) is 5.91 Å². The topological polar surface area (TPSA) is 54.5 Å². The number of amides is 1. The monoisotopic (exact) mass is 341 g/mol. The fraction of sp³-hybridized carbons (Fsp3) is 0.400. The highest BCUT2D eigenvalue weighted by Crippen LogP contribution is 2.18. The molecule has 0 unspecified atom stereocenters. The first-order valence-electron chi connectivity index (χ1n) is 8.38. The summed E-state index contributed by atoms with van der Waals surface area (Å²) in [5.41, 5.74) is 1.55. The predicted molar refractivity (Wildman–Crippen MR) is 100 cm³/mol. The third-order valence-corrected chi connectivity index (χ3v) is 3.54.